The van der Waals surface area contributed by atoms with Crippen LogP contribution in [0.25, 0.3) is 0 Å². The molecule has 6 aliphatic carbocycles. The Kier molecular flexibility index (Phi) is 10.5. The second kappa shape index (κ2) is 14.4. The minimum Gasteiger partial charge on any atom is -0.400 e. The molecule has 1 aliphatic heterocycles. The van der Waals surface area contributed by atoms with Crippen LogP contribution in [0.1, 0.15) is 111 Å². The summed E-state index contributed by atoms with van der Waals surface area (Å²) in [7, 11) is 1.00. The number of hydrogen-bond donors (Lipinski definition) is 1. The Hall–Kier alpha value is -1.71. The number of aliphatic hydroxyl groups excluding tert-OH is 1. The van der Waals surface area contributed by atoms with E-state index in [9.17, 15) is 0 Å². The average molecular weight is 614 g/mol. The summed E-state index contributed by atoms with van der Waals surface area (Å²) in [5, 5.41) is 7.85. The van der Waals surface area contributed by atoms with Gasteiger partial charge in [-0.25, -0.2) is 0 Å². The molecule has 0 saturated heterocycles. The van der Waals surface area contributed by atoms with Crippen molar-refractivity contribution in [1.29, 1.82) is 0 Å². The second-order valence-electron chi connectivity index (χ2n) is 15.2. The van der Waals surface area contributed by atoms with Gasteiger partial charge in [0.15, 0.2) is 0 Å². The Bertz CT molecular complexity index is 1220. The van der Waals surface area contributed by atoms with E-state index in [-0.39, 0.29) is 5.41 Å². The molecule has 0 spiro atoms. The van der Waals surface area contributed by atoms with E-state index in [2.05, 4.69) is 98.2 Å². The summed E-state index contributed by atoms with van der Waals surface area (Å²) >= 11 is 2.28. The Labute approximate surface area is 273 Å². The number of nitrogens with zero attached hydrogens (tertiary/aromatic N) is 1. The largest absolute Gasteiger partial charge is 0.400 e. The third kappa shape index (κ3) is 6.44. The zero-order chi connectivity index (χ0) is 30.7. The standard InChI is InChI=1S/C40H55NS.CH4O/c1-28-17-20-34(21-18-28)42-35-22-24-39-37(27-35)36-26-32(19-23-38(36)41(39)33-15-8-5-9-16-33)40(3,30-12-6-4-7-13-30)31-14-10-11-29(2)25-31;1-2/h4,6,8,10-11,14-15,19,22-23,28-30,32-34,37,39H,5,7,9,12-13,16-18,20-21,24-27H2,1-3H3;2H,1H3/t28?,29-,30?,32-,33-,34?,37-,39?,40?;/m0./s1. The van der Waals surface area contributed by atoms with Crippen molar-refractivity contribution in [3.05, 3.63) is 82.5 Å². The Morgan fingerprint density at radius 3 is 2.43 bits per heavy atom. The topological polar surface area (TPSA) is 23.5 Å². The lowest BCUT2D eigenvalue weighted by molar-refractivity contribution is 0.144. The van der Waals surface area contributed by atoms with Gasteiger partial charge in [-0.1, -0.05) is 81.0 Å². The van der Waals surface area contributed by atoms with Gasteiger partial charge in [0.05, 0.1) is 0 Å². The number of allylic oxidation sites excluding steroid dienone is 10. The van der Waals surface area contributed by atoms with E-state index in [0.717, 1.165) is 24.2 Å². The molecule has 44 heavy (non-hydrogen) atoms. The normalized spacial score (nSPS) is 37.8. The van der Waals surface area contributed by atoms with Gasteiger partial charge >= 0.3 is 0 Å². The Balaban J connectivity index is 0.00000168. The van der Waals surface area contributed by atoms with Crippen LogP contribution in [0.15, 0.2) is 82.5 Å². The van der Waals surface area contributed by atoms with Crippen LogP contribution in [0, 0.1) is 35.0 Å². The average Bonchev–Trinajstić information content (AvgIpc) is 3.40. The summed E-state index contributed by atoms with van der Waals surface area (Å²) in [5.41, 5.74) is 5.41. The zero-order valence-electron chi connectivity index (χ0n) is 28.1. The van der Waals surface area contributed by atoms with Crippen LogP contribution in [0.2, 0.25) is 0 Å². The van der Waals surface area contributed by atoms with Crippen LogP contribution in [-0.4, -0.2) is 34.4 Å². The van der Waals surface area contributed by atoms with Gasteiger partial charge in [0.25, 0.3) is 0 Å². The molecule has 0 radical (unpaired) electrons. The number of thioether (sulfide) groups is 1. The van der Waals surface area contributed by atoms with E-state index in [1.807, 2.05) is 5.57 Å². The minimum atomic E-state index is 0.230. The highest BCUT2D eigenvalue weighted by Crippen LogP contribution is 2.57. The fourth-order valence-corrected chi connectivity index (χ4v) is 11.3. The van der Waals surface area contributed by atoms with Gasteiger partial charge in [-0.05, 0) is 136 Å². The van der Waals surface area contributed by atoms with Crippen LogP contribution >= 0.6 is 11.8 Å². The third-order valence-electron chi connectivity index (χ3n) is 12.5. The number of fused-ring (bicyclic) bond motifs is 2. The molecule has 0 aromatic rings. The zero-order valence-corrected chi connectivity index (χ0v) is 28.9. The van der Waals surface area contributed by atoms with Crippen molar-refractivity contribution in [2.24, 2.45) is 35.0 Å². The fourth-order valence-electron chi connectivity index (χ4n) is 9.92. The molecule has 7 atom stereocenters. The minimum absolute atomic E-state index is 0.230. The maximum atomic E-state index is 7.00. The van der Waals surface area contributed by atoms with Gasteiger partial charge in [-0.2, -0.15) is 0 Å². The SMILES string of the molecule is CC1CCC(SC2=CCC3[C@@H](C2)C2=C(C=C[C@H](C(C)(C4=CC=C[C@H](C)C4)C4CC=CCC4)C2)N3[C@H]2C=CCCC2)CC1.CO. The van der Waals surface area contributed by atoms with Gasteiger partial charge < -0.3 is 10.0 Å². The van der Waals surface area contributed by atoms with Crippen molar-refractivity contribution in [2.45, 2.75) is 128 Å². The van der Waals surface area contributed by atoms with E-state index < -0.39 is 0 Å². The van der Waals surface area contributed by atoms with Gasteiger partial charge in [-0.15, -0.1) is 11.8 Å². The second-order valence-corrected chi connectivity index (χ2v) is 16.6. The molecule has 7 aliphatic rings. The molecule has 0 amide bonds. The van der Waals surface area contributed by atoms with Crippen LogP contribution in [0.3, 0.4) is 0 Å². The van der Waals surface area contributed by atoms with Crippen molar-refractivity contribution in [3.8, 4) is 0 Å². The van der Waals surface area contributed by atoms with Crippen LogP contribution < -0.4 is 0 Å². The van der Waals surface area contributed by atoms with Crippen LogP contribution in [0.4, 0.5) is 0 Å². The summed E-state index contributed by atoms with van der Waals surface area (Å²) in [4.78, 5) is 4.65. The molecule has 0 aromatic heterocycles. The highest BCUT2D eigenvalue weighted by molar-refractivity contribution is 8.03. The Morgan fingerprint density at radius 2 is 1.70 bits per heavy atom. The first-order chi connectivity index (χ1) is 21.5. The molecule has 1 heterocycles. The lowest BCUT2D eigenvalue weighted by Crippen LogP contribution is -2.42. The highest BCUT2D eigenvalue weighted by atomic mass is 32.2. The summed E-state index contributed by atoms with van der Waals surface area (Å²) < 4.78 is 0. The van der Waals surface area contributed by atoms with E-state index in [1.165, 1.54) is 89.9 Å². The van der Waals surface area contributed by atoms with Gasteiger partial charge in [-0.3, -0.25) is 0 Å². The van der Waals surface area contributed by atoms with E-state index in [1.54, 1.807) is 16.2 Å². The monoisotopic (exact) mass is 613 g/mol. The lowest BCUT2D eigenvalue weighted by Gasteiger charge is -2.48. The predicted molar refractivity (Wildman–Crippen MR) is 190 cm³/mol. The maximum Gasteiger partial charge on any atom is 0.0476 e. The highest BCUT2D eigenvalue weighted by Gasteiger charge is 2.49. The van der Waals surface area contributed by atoms with Crippen molar-refractivity contribution in [2.75, 3.05) is 7.11 Å². The first-order valence-corrected chi connectivity index (χ1v) is 19.1. The molecule has 0 bridgehead atoms. The number of rotatable bonds is 6. The molecule has 0 aromatic carbocycles. The quantitative estimate of drug-likeness (QED) is 0.302. The van der Waals surface area contributed by atoms with Gasteiger partial charge in [0.2, 0.25) is 0 Å². The summed E-state index contributed by atoms with van der Waals surface area (Å²) in [6.07, 6.45) is 43.8. The molecule has 2 nitrogen and oxygen atoms in total. The molecule has 3 heteroatoms. The van der Waals surface area contributed by atoms with Crippen molar-refractivity contribution in [3.63, 3.8) is 0 Å². The maximum absolute atomic E-state index is 7.00. The van der Waals surface area contributed by atoms with Crippen LogP contribution in [0.5, 0.6) is 0 Å². The third-order valence-corrected chi connectivity index (χ3v) is 14.0. The fraction of sp³-hybridized carbons (Fsp3) is 0.659. The number of hydrogen-bond acceptors (Lipinski definition) is 3. The van der Waals surface area contributed by atoms with Crippen molar-refractivity contribution in [1.82, 2.24) is 4.90 Å². The predicted octanol–water partition coefficient (Wildman–Crippen LogP) is 10.7. The first-order valence-electron chi connectivity index (χ1n) is 18.2. The number of aliphatic hydroxyl groups is 1. The van der Waals surface area contributed by atoms with E-state index in [4.69, 9.17) is 5.11 Å². The van der Waals surface area contributed by atoms with Crippen LogP contribution in [-0.2, 0) is 0 Å². The molecular weight excluding hydrogens is 555 g/mol. The molecule has 7 rings (SSSR count). The molecule has 1 fully saturated rings. The van der Waals surface area contributed by atoms with E-state index in [0.29, 0.717) is 29.8 Å². The molecule has 1 N–H and O–H groups in total. The van der Waals surface area contributed by atoms with Gasteiger partial charge in [0.1, 0.15) is 0 Å². The smallest absolute Gasteiger partial charge is 0.0476 e. The summed E-state index contributed by atoms with van der Waals surface area (Å²) in [5.74, 6) is 3.63. The summed E-state index contributed by atoms with van der Waals surface area (Å²) in [6, 6.07) is 1.24. The molecular formula is C41H59NOS. The lowest BCUT2D eigenvalue weighted by atomic mass is 9.56. The van der Waals surface area contributed by atoms with Crippen molar-refractivity contribution < 1.29 is 5.11 Å². The molecule has 240 valence electrons. The first kappa shape index (κ1) is 32.2. The van der Waals surface area contributed by atoms with E-state index >= 15 is 0 Å². The van der Waals surface area contributed by atoms with Gasteiger partial charge in [0, 0.05) is 36.1 Å². The Morgan fingerprint density at radius 1 is 0.864 bits per heavy atom. The molecule has 3 unspecified atom stereocenters. The summed E-state index contributed by atoms with van der Waals surface area (Å²) in [6.45, 7) is 7.55. The van der Waals surface area contributed by atoms with Crippen molar-refractivity contribution >= 4 is 11.8 Å². The molecule has 1 saturated carbocycles.